The number of aromatic amines is 1. The number of H-pyrrole nitrogens is 1. The van der Waals surface area contributed by atoms with Gasteiger partial charge in [0.15, 0.2) is 5.16 Å². The summed E-state index contributed by atoms with van der Waals surface area (Å²) >= 11 is 1.20. The minimum atomic E-state index is -0.461. The molecular weight excluding hydrogens is 393 g/mol. The quantitative estimate of drug-likeness (QED) is 0.494. The van der Waals surface area contributed by atoms with Gasteiger partial charge in [0.25, 0.3) is 5.56 Å². The first-order chi connectivity index (χ1) is 14.1. The molecule has 0 aliphatic carbocycles. The Labute approximate surface area is 170 Å². The van der Waals surface area contributed by atoms with Crippen LogP contribution in [-0.2, 0) is 10.5 Å². The van der Waals surface area contributed by atoms with Gasteiger partial charge in [-0.1, -0.05) is 48.2 Å². The van der Waals surface area contributed by atoms with Crippen molar-refractivity contribution in [1.29, 1.82) is 0 Å². The summed E-state index contributed by atoms with van der Waals surface area (Å²) in [6.07, 6.45) is 0.125. The van der Waals surface area contributed by atoms with Gasteiger partial charge in [-0.25, -0.2) is 9.37 Å². The molecule has 29 heavy (non-hydrogen) atoms. The van der Waals surface area contributed by atoms with Crippen LogP contribution in [0.1, 0.15) is 29.0 Å². The van der Waals surface area contributed by atoms with E-state index in [9.17, 15) is 14.0 Å². The van der Waals surface area contributed by atoms with E-state index >= 15 is 0 Å². The summed E-state index contributed by atoms with van der Waals surface area (Å²) in [6.45, 7) is 0. The van der Waals surface area contributed by atoms with Crippen molar-refractivity contribution in [3.63, 3.8) is 0 Å². The molecule has 3 aromatic rings. The van der Waals surface area contributed by atoms with Crippen LogP contribution in [0.25, 0.3) is 0 Å². The van der Waals surface area contributed by atoms with E-state index in [4.69, 9.17) is 4.74 Å². The molecular formula is C21H18FN3O3S. The van der Waals surface area contributed by atoms with E-state index in [0.717, 1.165) is 5.56 Å². The topological polar surface area (TPSA) is 84.1 Å². The Balaban J connectivity index is 1.69. The molecule has 8 heteroatoms. The number of nitrogens with one attached hydrogen (secondary N) is 2. The average Bonchev–Trinajstić information content (AvgIpc) is 2.72. The molecule has 0 spiro atoms. The molecule has 1 aromatic heterocycles. The monoisotopic (exact) mass is 411 g/mol. The molecule has 1 unspecified atom stereocenters. The number of carbonyl (C=O) groups excluding carboxylic acids is 1. The number of rotatable bonds is 5. The fourth-order valence-electron chi connectivity index (χ4n) is 3.40. The highest BCUT2D eigenvalue weighted by Crippen LogP contribution is 2.38. The molecule has 2 N–H and O–H groups in total. The number of nitrogens with zero attached hydrogens (tertiary/aromatic N) is 1. The second-order valence-corrected chi connectivity index (χ2v) is 7.52. The molecule has 1 aliphatic heterocycles. The van der Waals surface area contributed by atoms with Gasteiger partial charge in [-0.3, -0.25) is 9.59 Å². The van der Waals surface area contributed by atoms with Gasteiger partial charge in [0.1, 0.15) is 17.4 Å². The fraction of sp³-hybridized carbons (Fsp3) is 0.190. The van der Waals surface area contributed by atoms with Gasteiger partial charge < -0.3 is 15.0 Å². The lowest BCUT2D eigenvalue weighted by Gasteiger charge is -2.25. The first kappa shape index (κ1) is 19.2. The van der Waals surface area contributed by atoms with Crippen LogP contribution in [0.3, 0.4) is 0 Å². The van der Waals surface area contributed by atoms with Crippen LogP contribution >= 0.6 is 11.8 Å². The predicted molar refractivity (Wildman–Crippen MR) is 109 cm³/mol. The number of hydrogen-bond acceptors (Lipinski definition) is 5. The molecule has 1 aliphatic rings. The van der Waals surface area contributed by atoms with Gasteiger partial charge in [0.2, 0.25) is 5.91 Å². The van der Waals surface area contributed by atoms with E-state index in [0.29, 0.717) is 27.8 Å². The van der Waals surface area contributed by atoms with E-state index in [1.54, 1.807) is 31.4 Å². The molecule has 6 nitrogen and oxygen atoms in total. The molecule has 0 bridgehead atoms. The second kappa shape index (κ2) is 8.08. The average molecular weight is 411 g/mol. The number of carbonyl (C=O) groups is 1. The molecule has 1 amide bonds. The number of para-hydroxylation sites is 1. The number of hydrogen-bond donors (Lipinski definition) is 2. The van der Waals surface area contributed by atoms with Crippen molar-refractivity contribution in [1.82, 2.24) is 9.97 Å². The number of fused-ring (bicyclic) bond motifs is 1. The van der Waals surface area contributed by atoms with E-state index in [1.807, 2.05) is 18.2 Å². The van der Waals surface area contributed by atoms with Gasteiger partial charge in [-0.05, 0) is 17.7 Å². The Morgan fingerprint density at radius 2 is 1.93 bits per heavy atom. The number of aromatic nitrogens is 2. The highest BCUT2D eigenvalue weighted by Gasteiger charge is 2.32. The summed E-state index contributed by atoms with van der Waals surface area (Å²) in [6, 6.07) is 13.7. The number of ether oxygens (including phenoxy) is 1. The molecule has 148 valence electrons. The van der Waals surface area contributed by atoms with Crippen molar-refractivity contribution in [2.75, 3.05) is 12.4 Å². The molecule has 0 radical (unpaired) electrons. The molecule has 1 atom stereocenters. The Hall–Kier alpha value is -3.13. The number of benzene rings is 2. The number of amides is 1. The smallest absolute Gasteiger partial charge is 0.257 e. The highest BCUT2D eigenvalue weighted by atomic mass is 32.2. The van der Waals surface area contributed by atoms with Crippen molar-refractivity contribution < 1.29 is 13.9 Å². The lowest BCUT2D eigenvalue weighted by Crippen LogP contribution is -2.31. The normalized spacial score (nSPS) is 15.5. The Bertz CT molecular complexity index is 1130. The third-order valence-electron chi connectivity index (χ3n) is 4.77. The molecule has 2 aromatic carbocycles. The Kier molecular flexibility index (Phi) is 5.35. The van der Waals surface area contributed by atoms with Crippen LogP contribution in [-0.4, -0.2) is 23.0 Å². The van der Waals surface area contributed by atoms with Gasteiger partial charge in [-0.2, -0.15) is 0 Å². The summed E-state index contributed by atoms with van der Waals surface area (Å²) in [5, 5.41) is 3.01. The summed E-state index contributed by atoms with van der Waals surface area (Å²) in [4.78, 5) is 32.3. The number of halogens is 1. The third-order valence-corrected chi connectivity index (χ3v) is 5.69. The first-order valence-electron chi connectivity index (χ1n) is 9.00. The molecule has 0 fully saturated rings. The van der Waals surface area contributed by atoms with Gasteiger partial charge in [0, 0.05) is 23.7 Å². The maximum atomic E-state index is 13.8. The fourth-order valence-corrected chi connectivity index (χ4v) is 4.25. The Morgan fingerprint density at radius 1 is 1.17 bits per heavy atom. The summed E-state index contributed by atoms with van der Waals surface area (Å²) < 4.78 is 19.2. The maximum Gasteiger partial charge on any atom is 0.257 e. The van der Waals surface area contributed by atoms with E-state index in [2.05, 4.69) is 15.3 Å². The van der Waals surface area contributed by atoms with Crippen LogP contribution in [0.5, 0.6) is 5.75 Å². The van der Waals surface area contributed by atoms with Crippen molar-refractivity contribution in [3.05, 3.63) is 81.4 Å². The zero-order chi connectivity index (χ0) is 20.4. The molecule has 2 heterocycles. The predicted octanol–water partition coefficient (Wildman–Crippen LogP) is 3.68. The van der Waals surface area contributed by atoms with Gasteiger partial charge in [0.05, 0.1) is 12.7 Å². The van der Waals surface area contributed by atoms with Crippen molar-refractivity contribution in [2.45, 2.75) is 23.2 Å². The second-order valence-electron chi connectivity index (χ2n) is 6.56. The van der Waals surface area contributed by atoms with Crippen LogP contribution < -0.4 is 15.6 Å². The summed E-state index contributed by atoms with van der Waals surface area (Å²) in [5.74, 6) is 0.142. The number of methoxy groups -OCH3 is 1. The first-order valence-corrected chi connectivity index (χ1v) is 9.98. The molecule has 0 saturated carbocycles. The lowest BCUT2D eigenvalue weighted by atomic mass is 9.86. The standard InChI is InChI=1S/C21H18FN3O3S/c1-28-16-9-5-3-7-13(16)14-10-17(26)23-19-18(14)20(27)25-21(24-19)29-11-12-6-2-4-8-15(12)22/h2-9,14H,10-11H2,1H3,(H2,23,24,25,26,27). The minimum absolute atomic E-state index is 0.125. The zero-order valence-electron chi connectivity index (χ0n) is 15.6. The third kappa shape index (κ3) is 3.88. The van der Waals surface area contributed by atoms with Gasteiger partial charge in [-0.15, -0.1) is 0 Å². The van der Waals surface area contributed by atoms with Crippen LogP contribution in [0.4, 0.5) is 10.2 Å². The van der Waals surface area contributed by atoms with E-state index in [-0.39, 0.29) is 29.5 Å². The number of thioether (sulfide) groups is 1. The Morgan fingerprint density at radius 3 is 2.72 bits per heavy atom. The lowest BCUT2D eigenvalue weighted by molar-refractivity contribution is -0.116. The highest BCUT2D eigenvalue weighted by molar-refractivity contribution is 7.98. The zero-order valence-corrected chi connectivity index (χ0v) is 16.4. The van der Waals surface area contributed by atoms with Crippen LogP contribution in [0.2, 0.25) is 0 Å². The summed E-state index contributed by atoms with van der Waals surface area (Å²) in [7, 11) is 1.55. The van der Waals surface area contributed by atoms with E-state index in [1.165, 1.54) is 17.8 Å². The summed E-state index contributed by atoms with van der Waals surface area (Å²) in [5.41, 5.74) is 1.32. The SMILES string of the molecule is COc1ccccc1C1CC(=O)Nc2nc(SCc3ccccc3F)[nH]c(=O)c21. The van der Waals surface area contributed by atoms with Crippen molar-refractivity contribution >= 4 is 23.5 Å². The largest absolute Gasteiger partial charge is 0.496 e. The van der Waals surface area contributed by atoms with Gasteiger partial charge >= 0.3 is 0 Å². The number of anilines is 1. The van der Waals surface area contributed by atoms with E-state index < -0.39 is 5.92 Å². The van der Waals surface area contributed by atoms with Crippen LogP contribution in [0.15, 0.2) is 58.5 Å². The maximum absolute atomic E-state index is 13.8. The van der Waals surface area contributed by atoms with Crippen molar-refractivity contribution in [2.24, 2.45) is 0 Å². The van der Waals surface area contributed by atoms with Crippen LogP contribution in [0, 0.1) is 5.82 Å². The minimum Gasteiger partial charge on any atom is -0.496 e. The molecule has 4 rings (SSSR count). The molecule has 0 saturated heterocycles. The van der Waals surface area contributed by atoms with Crippen molar-refractivity contribution in [3.8, 4) is 5.75 Å².